The highest BCUT2D eigenvalue weighted by Crippen LogP contribution is 2.44. The van der Waals surface area contributed by atoms with Crippen molar-refractivity contribution in [3.8, 4) is 5.75 Å². The van der Waals surface area contributed by atoms with Crippen molar-refractivity contribution in [3.63, 3.8) is 0 Å². The van der Waals surface area contributed by atoms with Gasteiger partial charge in [0.05, 0.1) is 18.5 Å². The van der Waals surface area contributed by atoms with E-state index in [1.165, 1.54) is 6.07 Å². The fourth-order valence-electron chi connectivity index (χ4n) is 5.90. The Morgan fingerprint density at radius 1 is 1.10 bits per heavy atom. The van der Waals surface area contributed by atoms with Crippen molar-refractivity contribution in [2.45, 2.75) is 63.2 Å². The zero-order valence-corrected chi connectivity index (χ0v) is 22.7. The number of halogens is 2. The average molecular weight is 556 g/mol. The highest BCUT2D eigenvalue weighted by atomic mass is 19.1. The van der Waals surface area contributed by atoms with Crippen LogP contribution in [0.1, 0.15) is 56.8 Å². The van der Waals surface area contributed by atoms with Crippen LogP contribution < -0.4 is 20.3 Å². The second kappa shape index (κ2) is 10.5. The van der Waals surface area contributed by atoms with Crippen molar-refractivity contribution in [1.82, 2.24) is 20.1 Å². The van der Waals surface area contributed by atoms with Crippen LogP contribution in [0.2, 0.25) is 0 Å². The molecule has 0 radical (unpaired) electrons. The first kappa shape index (κ1) is 26.8. The number of nitrogens with two attached hydrogens (primary N) is 1. The highest BCUT2D eigenvalue weighted by molar-refractivity contribution is 5.39. The number of ether oxygens (including phenoxy) is 1. The van der Waals surface area contributed by atoms with Gasteiger partial charge in [-0.15, -0.1) is 0 Å². The lowest BCUT2D eigenvalue weighted by molar-refractivity contribution is 0.0218. The lowest BCUT2D eigenvalue weighted by Gasteiger charge is -2.33. The van der Waals surface area contributed by atoms with E-state index in [2.05, 4.69) is 25.0 Å². The summed E-state index contributed by atoms with van der Waals surface area (Å²) in [6.45, 7) is 6.15. The van der Waals surface area contributed by atoms with Crippen LogP contribution in [-0.4, -0.2) is 63.5 Å². The quantitative estimate of drug-likeness (QED) is 0.427. The number of hydrogen-bond donors (Lipinski definition) is 2. The summed E-state index contributed by atoms with van der Waals surface area (Å²) in [6, 6.07) is 3.54. The molecule has 3 aliphatic rings. The summed E-state index contributed by atoms with van der Waals surface area (Å²) in [7, 11) is 0. The van der Waals surface area contributed by atoms with E-state index in [1.807, 2.05) is 11.8 Å². The molecule has 0 amide bonds. The van der Waals surface area contributed by atoms with Crippen LogP contribution in [0.3, 0.4) is 0 Å². The van der Waals surface area contributed by atoms with Gasteiger partial charge in [-0.1, -0.05) is 5.16 Å². The summed E-state index contributed by atoms with van der Waals surface area (Å²) in [5.41, 5.74) is 5.52. The first-order valence-electron chi connectivity index (χ1n) is 13.9. The van der Waals surface area contributed by atoms with Crippen LogP contribution in [0.15, 0.2) is 35.1 Å². The molecule has 3 fully saturated rings. The summed E-state index contributed by atoms with van der Waals surface area (Å²) < 4.78 is 39.7. The van der Waals surface area contributed by atoms with Gasteiger partial charge >= 0.3 is 6.01 Å². The molecule has 0 spiro atoms. The van der Waals surface area contributed by atoms with E-state index < -0.39 is 17.2 Å². The molecule has 4 heterocycles. The molecule has 40 heavy (non-hydrogen) atoms. The van der Waals surface area contributed by atoms with Gasteiger partial charge < -0.3 is 29.9 Å². The predicted molar refractivity (Wildman–Crippen MR) is 143 cm³/mol. The number of rotatable bonds is 8. The first-order valence-corrected chi connectivity index (χ1v) is 13.9. The van der Waals surface area contributed by atoms with Gasteiger partial charge in [-0.05, 0) is 75.1 Å². The molecular weight excluding hydrogens is 520 g/mol. The SMILES string of the molecule is C[C@H](Oc1cnc(N2C[C@H](c3cc(F)ccc3F)[C@@H](N)C2)nc1)C1CCN(c2nc([C@@](C)(O)C3CC3)no2)CC1. The maximum absolute atomic E-state index is 14.3. The number of anilines is 2. The van der Waals surface area contributed by atoms with Crippen molar-refractivity contribution in [2.75, 3.05) is 36.0 Å². The Morgan fingerprint density at radius 2 is 1.82 bits per heavy atom. The Bertz CT molecular complexity index is 1330. The predicted octanol–water partition coefficient (Wildman–Crippen LogP) is 3.37. The molecule has 2 saturated heterocycles. The largest absolute Gasteiger partial charge is 0.487 e. The van der Waals surface area contributed by atoms with E-state index in [1.54, 1.807) is 19.3 Å². The molecule has 2 aromatic heterocycles. The number of aliphatic hydroxyl groups is 1. The molecule has 1 aliphatic carbocycles. The van der Waals surface area contributed by atoms with E-state index in [9.17, 15) is 13.9 Å². The van der Waals surface area contributed by atoms with Gasteiger partial charge in [0.2, 0.25) is 11.8 Å². The molecule has 214 valence electrons. The van der Waals surface area contributed by atoms with E-state index >= 15 is 0 Å². The molecule has 1 saturated carbocycles. The maximum atomic E-state index is 14.3. The monoisotopic (exact) mass is 555 g/mol. The summed E-state index contributed by atoms with van der Waals surface area (Å²) in [4.78, 5) is 17.4. The normalized spacial score (nSPS) is 24.2. The van der Waals surface area contributed by atoms with Crippen molar-refractivity contribution in [1.29, 1.82) is 0 Å². The van der Waals surface area contributed by atoms with Crippen LogP contribution in [0.4, 0.5) is 20.7 Å². The summed E-state index contributed by atoms with van der Waals surface area (Å²) in [6.07, 6.45) is 6.98. The maximum Gasteiger partial charge on any atom is 0.324 e. The lowest BCUT2D eigenvalue weighted by Crippen LogP contribution is -2.39. The molecule has 3 aromatic rings. The van der Waals surface area contributed by atoms with Gasteiger partial charge in [-0.25, -0.2) is 18.7 Å². The van der Waals surface area contributed by atoms with E-state index in [0.717, 1.165) is 50.9 Å². The third kappa shape index (κ3) is 5.34. The molecule has 0 bridgehead atoms. The molecule has 1 aromatic carbocycles. The van der Waals surface area contributed by atoms with Crippen LogP contribution in [0.25, 0.3) is 0 Å². The van der Waals surface area contributed by atoms with Gasteiger partial charge in [-0.3, -0.25) is 0 Å². The number of nitrogens with zero attached hydrogens (tertiary/aromatic N) is 6. The van der Waals surface area contributed by atoms with Crippen molar-refractivity contribution in [3.05, 3.63) is 53.6 Å². The number of hydrogen-bond acceptors (Lipinski definition) is 10. The zero-order chi connectivity index (χ0) is 28.0. The van der Waals surface area contributed by atoms with Crippen LogP contribution in [0.5, 0.6) is 5.75 Å². The Morgan fingerprint density at radius 3 is 2.52 bits per heavy atom. The van der Waals surface area contributed by atoms with Crippen molar-refractivity contribution < 1.29 is 23.1 Å². The smallest absolute Gasteiger partial charge is 0.324 e. The van der Waals surface area contributed by atoms with Gasteiger partial charge in [0.25, 0.3) is 0 Å². The van der Waals surface area contributed by atoms with E-state index in [-0.39, 0.29) is 29.5 Å². The van der Waals surface area contributed by atoms with E-state index in [0.29, 0.717) is 42.5 Å². The molecule has 10 nitrogen and oxygen atoms in total. The second-order valence-corrected chi connectivity index (χ2v) is 11.5. The molecule has 0 unspecified atom stereocenters. The molecule has 12 heteroatoms. The first-order chi connectivity index (χ1) is 19.2. The highest BCUT2D eigenvalue weighted by Gasteiger charge is 2.45. The number of benzene rings is 1. The van der Waals surface area contributed by atoms with Crippen molar-refractivity contribution >= 4 is 12.0 Å². The van der Waals surface area contributed by atoms with Gasteiger partial charge in [0.1, 0.15) is 17.2 Å². The zero-order valence-electron chi connectivity index (χ0n) is 22.7. The molecule has 3 N–H and O–H groups in total. The standard InChI is InChI=1S/C28H35F2N7O3/c1-16(17-7-9-36(10-8-17)27-34-25(35-40-27)28(2,38)18-3-4-18)39-20-12-32-26(33-13-20)37-14-22(24(31)15-37)21-11-19(29)5-6-23(21)30/h5-6,11-13,16-18,22,24,38H,3-4,7-10,14-15,31H2,1-2H3/t16-,22+,24-,28-/m0/s1. The van der Waals surface area contributed by atoms with Crippen LogP contribution in [0, 0.1) is 23.5 Å². The number of piperidine rings is 1. The Kier molecular flexibility index (Phi) is 7.07. The average Bonchev–Trinajstić information content (AvgIpc) is 3.58. The summed E-state index contributed by atoms with van der Waals surface area (Å²) >= 11 is 0. The molecular formula is C28H35F2N7O3. The minimum atomic E-state index is -1.04. The topological polar surface area (TPSA) is 127 Å². The van der Waals surface area contributed by atoms with E-state index in [4.69, 9.17) is 15.0 Å². The van der Waals surface area contributed by atoms with Crippen LogP contribution >= 0.6 is 0 Å². The summed E-state index contributed by atoms with van der Waals surface area (Å²) in [5, 5.41) is 14.7. The fraction of sp³-hybridized carbons (Fsp3) is 0.571. The van der Waals surface area contributed by atoms with Gasteiger partial charge in [-0.2, -0.15) is 4.98 Å². The Balaban J connectivity index is 1.01. The molecule has 2 aliphatic heterocycles. The Labute approximate surface area is 231 Å². The second-order valence-electron chi connectivity index (χ2n) is 11.5. The minimum absolute atomic E-state index is 0.0500. The molecule has 4 atom stereocenters. The molecule has 6 rings (SSSR count). The fourth-order valence-corrected chi connectivity index (χ4v) is 5.90. The van der Waals surface area contributed by atoms with Crippen molar-refractivity contribution in [2.24, 2.45) is 17.6 Å². The third-order valence-electron chi connectivity index (χ3n) is 8.66. The lowest BCUT2D eigenvalue weighted by atomic mass is 9.92. The van der Waals surface area contributed by atoms with Crippen LogP contribution in [-0.2, 0) is 5.60 Å². The third-order valence-corrected chi connectivity index (χ3v) is 8.66. The minimum Gasteiger partial charge on any atom is -0.487 e. The Hall–Kier alpha value is -3.38. The van der Waals surface area contributed by atoms with Gasteiger partial charge in [0, 0.05) is 38.1 Å². The summed E-state index contributed by atoms with van der Waals surface area (Å²) in [5.74, 6) is 0.631. The van der Waals surface area contributed by atoms with Gasteiger partial charge in [0.15, 0.2) is 5.75 Å². The number of aromatic nitrogens is 4.